The van der Waals surface area contributed by atoms with Crippen LogP contribution in [0.4, 0.5) is 0 Å². The molecule has 0 atom stereocenters. The van der Waals surface area contributed by atoms with Crippen molar-refractivity contribution in [1.29, 1.82) is 0 Å². The second kappa shape index (κ2) is 8.91. The lowest BCUT2D eigenvalue weighted by Crippen LogP contribution is -2.38. The number of benzene rings is 1. The van der Waals surface area contributed by atoms with Gasteiger partial charge in [-0.1, -0.05) is 0 Å². The Morgan fingerprint density at radius 2 is 2.04 bits per heavy atom. The first kappa shape index (κ1) is 19.9. The summed E-state index contributed by atoms with van der Waals surface area (Å²) in [4.78, 5) is 2.64. The lowest BCUT2D eigenvalue weighted by Gasteiger charge is -2.31. The van der Waals surface area contributed by atoms with Crippen LogP contribution in [0.2, 0.25) is 0 Å². The van der Waals surface area contributed by atoms with E-state index in [0.29, 0.717) is 24.0 Å². The molecule has 0 radical (unpaired) electrons. The Labute approximate surface area is 161 Å². The third-order valence-corrected chi connectivity index (χ3v) is 6.41. The number of likely N-dealkylation sites (tertiary alicyclic amines) is 1. The minimum absolute atomic E-state index is 0.290. The Bertz CT molecular complexity index is 826. The summed E-state index contributed by atoms with van der Waals surface area (Å²) in [6, 6.07) is 8.88. The fourth-order valence-corrected chi connectivity index (χ4v) is 4.59. The van der Waals surface area contributed by atoms with E-state index in [1.54, 1.807) is 24.5 Å². The van der Waals surface area contributed by atoms with Gasteiger partial charge in [0.2, 0.25) is 10.0 Å². The van der Waals surface area contributed by atoms with E-state index in [2.05, 4.69) is 9.62 Å². The van der Waals surface area contributed by atoms with E-state index in [1.165, 1.54) is 0 Å². The summed E-state index contributed by atoms with van der Waals surface area (Å²) in [6.07, 6.45) is 3.65. The lowest BCUT2D eigenvalue weighted by atomic mass is 9.97. The zero-order valence-electron chi connectivity index (χ0n) is 16.0. The number of ether oxygens (including phenoxy) is 1. The SMILES string of the molecule is CCOc1ccc(S(=O)(=O)NCC2CCN(Cc3ccco3)CC2)cc1C. The molecule has 1 aliphatic rings. The van der Waals surface area contributed by atoms with E-state index in [4.69, 9.17) is 9.15 Å². The van der Waals surface area contributed by atoms with Crippen LogP contribution in [0.25, 0.3) is 0 Å². The molecule has 1 fully saturated rings. The highest BCUT2D eigenvalue weighted by molar-refractivity contribution is 7.89. The molecule has 1 aromatic heterocycles. The molecule has 0 saturated carbocycles. The maximum absolute atomic E-state index is 12.6. The molecule has 0 unspecified atom stereocenters. The van der Waals surface area contributed by atoms with Gasteiger partial charge < -0.3 is 9.15 Å². The van der Waals surface area contributed by atoms with E-state index < -0.39 is 10.0 Å². The van der Waals surface area contributed by atoms with Crippen molar-refractivity contribution in [2.45, 2.75) is 38.1 Å². The number of hydrogen-bond acceptors (Lipinski definition) is 5. The third kappa shape index (κ3) is 5.34. The summed E-state index contributed by atoms with van der Waals surface area (Å²) in [5.41, 5.74) is 0.825. The fraction of sp³-hybridized carbons (Fsp3) is 0.500. The van der Waals surface area contributed by atoms with Crippen LogP contribution >= 0.6 is 0 Å². The van der Waals surface area contributed by atoms with Crippen molar-refractivity contribution in [2.75, 3.05) is 26.2 Å². The molecule has 2 heterocycles. The molecule has 0 amide bonds. The minimum Gasteiger partial charge on any atom is -0.494 e. The predicted octanol–water partition coefficient (Wildman–Crippen LogP) is 3.18. The predicted molar refractivity (Wildman–Crippen MR) is 104 cm³/mol. The van der Waals surface area contributed by atoms with Gasteiger partial charge in [0.15, 0.2) is 0 Å². The van der Waals surface area contributed by atoms with Crippen LogP contribution in [-0.4, -0.2) is 39.6 Å². The largest absolute Gasteiger partial charge is 0.494 e. The summed E-state index contributed by atoms with van der Waals surface area (Å²) >= 11 is 0. The number of furan rings is 1. The van der Waals surface area contributed by atoms with Gasteiger partial charge >= 0.3 is 0 Å². The maximum atomic E-state index is 12.6. The smallest absolute Gasteiger partial charge is 0.240 e. The van der Waals surface area contributed by atoms with Crippen LogP contribution in [0.15, 0.2) is 45.9 Å². The highest BCUT2D eigenvalue weighted by atomic mass is 32.2. The zero-order chi connectivity index (χ0) is 19.3. The van der Waals surface area contributed by atoms with Crippen molar-refractivity contribution in [3.8, 4) is 5.75 Å². The molecule has 0 aliphatic carbocycles. The first-order chi connectivity index (χ1) is 13.0. The van der Waals surface area contributed by atoms with Gasteiger partial charge in [0.25, 0.3) is 0 Å². The molecular formula is C20H28N2O4S. The first-order valence-corrected chi connectivity index (χ1v) is 10.9. The van der Waals surface area contributed by atoms with Gasteiger partial charge in [0.05, 0.1) is 24.3 Å². The van der Waals surface area contributed by atoms with E-state index >= 15 is 0 Å². The minimum atomic E-state index is -3.50. The van der Waals surface area contributed by atoms with Gasteiger partial charge in [0, 0.05) is 6.54 Å². The van der Waals surface area contributed by atoms with Crippen molar-refractivity contribution in [3.05, 3.63) is 47.9 Å². The number of hydrogen-bond donors (Lipinski definition) is 1. The molecular weight excluding hydrogens is 364 g/mol. The first-order valence-electron chi connectivity index (χ1n) is 9.46. The van der Waals surface area contributed by atoms with E-state index in [0.717, 1.165) is 49.5 Å². The fourth-order valence-electron chi connectivity index (χ4n) is 3.39. The summed E-state index contributed by atoms with van der Waals surface area (Å²) in [5, 5.41) is 0. The molecule has 2 aromatic rings. The van der Waals surface area contributed by atoms with E-state index in [-0.39, 0.29) is 0 Å². The maximum Gasteiger partial charge on any atom is 0.240 e. The number of rotatable bonds is 8. The molecule has 1 N–H and O–H groups in total. The molecule has 1 aliphatic heterocycles. The number of nitrogens with zero attached hydrogens (tertiary/aromatic N) is 1. The average molecular weight is 393 g/mol. The van der Waals surface area contributed by atoms with Crippen LogP contribution in [0.1, 0.15) is 31.1 Å². The summed E-state index contributed by atoms with van der Waals surface area (Å²) in [6.45, 7) is 7.53. The van der Waals surface area contributed by atoms with Crippen LogP contribution in [0.3, 0.4) is 0 Å². The summed E-state index contributed by atoms with van der Waals surface area (Å²) < 4.78 is 38.8. The van der Waals surface area contributed by atoms with E-state index in [9.17, 15) is 8.42 Å². The van der Waals surface area contributed by atoms with Gasteiger partial charge in [-0.15, -0.1) is 0 Å². The lowest BCUT2D eigenvalue weighted by molar-refractivity contribution is 0.168. The van der Waals surface area contributed by atoms with E-state index in [1.807, 2.05) is 26.0 Å². The van der Waals surface area contributed by atoms with Crippen LogP contribution in [-0.2, 0) is 16.6 Å². The topological polar surface area (TPSA) is 71.8 Å². The standard InChI is InChI=1S/C20H28N2O4S/c1-3-25-20-7-6-19(13-16(20)2)27(23,24)21-14-17-8-10-22(11-9-17)15-18-5-4-12-26-18/h4-7,12-13,17,21H,3,8-11,14-15H2,1-2H3. The second-order valence-electron chi connectivity index (χ2n) is 7.01. The highest BCUT2D eigenvalue weighted by Gasteiger charge is 2.22. The Morgan fingerprint density at radius 3 is 2.67 bits per heavy atom. The van der Waals surface area contributed by atoms with Gasteiger partial charge in [-0.2, -0.15) is 0 Å². The number of sulfonamides is 1. The molecule has 0 bridgehead atoms. The molecule has 1 saturated heterocycles. The summed E-state index contributed by atoms with van der Waals surface area (Å²) in [5.74, 6) is 2.05. The Morgan fingerprint density at radius 1 is 1.26 bits per heavy atom. The van der Waals surface area contributed by atoms with Crippen LogP contribution in [0, 0.1) is 12.8 Å². The number of nitrogens with one attached hydrogen (secondary N) is 1. The van der Waals surface area contributed by atoms with Crippen molar-refractivity contribution < 1.29 is 17.6 Å². The average Bonchev–Trinajstić information content (AvgIpc) is 3.16. The molecule has 1 aromatic carbocycles. The van der Waals surface area contributed by atoms with Crippen molar-refractivity contribution in [1.82, 2.24) is 9.62 Å². The Kier molecular flexibility index (Phi) is 6.57. The van der Waals surface area contributed by atoms with Gasteiger partial charge in [-0.3, -0.25) is 4.90 Å². The quantitative estimate of drug-likeness (QED) is 0.747. The zero-order valence-corrected chi connectivity index (χ0v) is 16.8. The Balaban J connectivity index is 1.50. The number of aryl methyl sites for hydroxylation is 1. The normalized spacial score (nSPS) is 16.5. The highest BCUT2D eigenvalue weighted by Crippen LogP contribution is 2.23. The second-order valence-corrected chi connectivity index (χ2v) is 8.78. The van der Waals surface area contributed by atoms with Gasteiger partial charge in [0.1, 0.15) is 11.5 Å². The van der Waals surface area contributed by atoms with Crippen molar-refractivity contribution in [3.63, 3.8) is 0 Å². The number of piperidine rings is 1. The van der Waals surface area contributed by atoms with Gasteiger partial charge in [-0.25, -0.2) is 13.1 Å². The van der Waals surface area contributed by atoms with Gasteiger partial charge in [-0.05, 0) is 81.6 Å². The monoisotopic (exact) mass is 392 g/mol. The van der Waals surface area contributed by atoms with Crippen LogP contribution in [0.5, 0.6) is 5.75 Å². The molecule has 7 heteroatoms. The molecule has 6 nitrogen and oxygen atoms in total. The molecule has 0 spiro atoms. The molecule has 148 valence electrons. The van der Waals surface area contributed by atoms with Crippen molar-refractivity contribution >= 4 is 10.0 Å². The Hall–Kier alpha value is -1.83. The summed E-state index contributed by atoms with van der Waals surface area (Å²) in [7, 11) is -3.50. The third-order valence-electron chi connectivity index (χ3n) is 4.99. The molecule has 3 rings (SSSR count). The molecule has 27 heavy (non-hydrogen) atoms. The van der Waals surface area contributed by atoms with Crippen LogP contribution < -0.4 is 9.46 Å². The van der Waals surface area contributed by atoms with Crippen molar-refractivity contribution in [2.24, 2.45) is 5.92 Å².